The maximum absolute atomic E-state index is 13.9. The molecule has 4 aromatic rings. The number of hydrogen-bond acceptors (Lipinski definition) is 5. The zero-order chi connectivity index (χ0) is 27.9. The molecule has 0 saturated carbocycles. The molecule has 1 aliphatic rings. The predicted molar refractivity (Wildman–Crippen MR) is 136 cm³/mol. The Bertz CT molecular complexity index is 1670. The van der Waals surface area contributed by atoms with Crippen molar-refractivity contribution in [2.75, 3.05) is 10.3 Å². The first-order valence-electron chi connectivity index (χ1n) is 11.4. The van der Waals surface area contributed by atoms with Crippen LogP contribution in [0.5, 0.6) is 5.75 Å². The molecule has 0 unspecified atom stereocenters. The number of aromatic hydroxyl groups is 1. The van der Waals surface area contributed by atoms with Gasteiger partial charge in [-0.25, -0.2) is 9.18 Å². The number of hydrogen-bond donors (Lipinski definition) is 3. The van der Waals surface area contributed by atoms with E-state index in [0.717, 1.165) is 11.0 Å². The number of aromatic carboxylic acids is 1. The SMILES string of the molecule is O=C(O)c1cccc(-c2cccc(N/N=C3\C(=O)N(c4ccc(F)c(C(F)(F)F)c4)c4ccccc43)c2O)c1. The molecule has 3 N–H and O–H groups in total. The zero-order valence-corrected chi connectivity index (χ0v) is 19.7. The van der Waals surface area contributed by atoms with Gasteiger partial charge in [0.1, 0.15) is 11.6 Å². The number of rotatable bonds is 5. The molecule has 0 spiro atoms. The van der Waals surface area contributed by atoms with Crippen molar-refractivity contribution in [3.8, 4) is 16.9 Å². The van der Waals surface area contributed by atoms with Crippen molar-refractivity contribution < 1.29 is 37.4 Å². The second-order valence-corrected chi connectivity index (χ2v) is 8.48. The Morgan fingerprint density at radius 2 is 1.62 bits per heavy atom. The number of fused-ring (bicyclic) bond motifs is 1. The lowest BCUT2D eigenvalue weighted by Crippen LogP contribution is -2.26. The maximum atomic E-state index is 13.9. The Morgan fingerprint density at radius 3 is 2.36 bits per heavy atom. The minimum Gasteiger partial charge on any atom is -0.505 e. The van der Waals surface area contributed by atoms with Crippen LogP contribution in [0, 0.1) is 5.82 Å². The Kier molecular flexibility index (Phi) is 6.27. The van der Waals surface area contributed by atoms with Crippen molar-refractivity contribution in [3.63, 3.8) is 0 Å². The summed E-state index contributed by atoms with van der Waals surface area (Å²) in [5, 5.41) is 24.3. The highest BCUT2D eigenvalue weighted by molar-refractivity contribution is 6.55. The molecule has 0 aliphatic carbocycles. The van der Waals surface area contributed by atoms with E-state index >= 15 is 0 Å². The van der Waals surface area contributed by atoms with E-state index in [1.165, 1.54) is 30.3 Å². The fraction of sp³-hybridized carbons (Fsp3) is 0.0357. The molecule has 1 heterocycles. The number of carboxylic acids is 1. The van der Waals surface area contributed by atoms with Crippen LogP contribution in [0.2, 0.25) is 0 Å². The number of amides is 1. The van der Waals surface area contributed by atoms with Crippen LogP contribution in [-0.4, -0.2) is 27.8 Å². The third-order valence-electron chi connectivity index (χ3n) is 6.06. The third-order valence-corrected chi connectivity index (χ3v) is 6.06. The number of carbonyl (C=O) groups is 2. The maximum Gasteiger partial charge on any atom is 0.419 e. The van der Waals surface area contributed by atoms with E-state index in [2.05, 4.69) is 10.5 Å². The van der Waals surface area contributed by atoms with Crippen LogP contribution in [0.3, 0.4) is 0 Å². The number of carbonyl (C=O) groups excluding carboxylic acids is 1. The number of anilines is 3. The van der Waals surface area contributed by atoms with Crippen molar-refractivity contribution in [1.29, 1.82) is 0 Å². The van der Waals surface area contributed by atoms with Crippen molar-refractivity contribution >= 4 is 34.7 Å². The lowest BCUT2D eigenvalue weighted by Gasteiger charge is -2.19. The topological polar surface area (TPSA) is 102 Å². The molecule has 0 fully saturated rings. The van der Waals surface area contributed by atoms with Crippen molar-refractivity contribution in [3.05, 3.63) is 107 Å². The summed E-state index contributed by atoms with van der Waals surface area (Å²) in [7, 11) is 0. The lowest BCUT2D eigenvalue weighted by atomic mass is 10.0. The molecule has 39 heavy (non-hydrogen) atoms. The van der Waals surface area contributed by atoms with Gasteiger partial charge in [-0.05, 0) is 48.0 Å². The molecule has 5 rings (SSSR count). The van der Waals surface area contributed by atoms with Crippen LogP contribution >= 0.6 is 0 Å². The number of phenols is 1. The molecule has 196 valence electrons. The molecule has 1 aliphatic heterocycles. The van der Waals surface area contributed by atoms with E-state index < -0.39 is 29.4 Å². The average molecular weight is 535 g/mol. The van der Waals surface area contributed by atoms with E-state index in [9.17, 15) is 37.4 Å². The van der Waals surface area contributed by atoms with Crippen LogP contribution in [0.1, 0.15) is 21.5 Å². The quantitative estimate of drug-likeness (QED) is 0.156. The van der Waals surface area contributed by atoms with Gasteiger partial charge in [0.25, 0.3) is 5.91 Å². The van der Waals surface area contributed by atoms with Crippen LogP contribution < -0.4 is 10.3 Å². The summed E-state index contributed by atoms with van der Waals surface area (Å²) in [6.45, 7) is 0. The van der Waals surface area contributed by atoms with E-state index in [1.807, 2.05) is 0 Å². The summed E-state index contributed by atoms with van der Waals surface area (Å²) in [5.74, 6) is -3.64. The molecule has 0 aromatic heterocycles. The first kappa shape index (κ1) is 25.5. The minimum absolute atomic E-state index is 0.0215. The second-order valence-electron chi connectivity index (χ2n) is 8.48. The van der Waals surface area contributed by atoms with Gasteiger partial charge in [0.05, 0.1) is 28.2 Å². The lowest BCUT2D eigenvalue weighted by molar-refractivity contribution is -0.140. The number of para-hydroxylation sites is 2. The van der Waals surface area contributed by atoms with Gasteiger partial charge in [-0.15, -0.1) is 0 Å². The smallest absolute Gasteiger partial charge is 0.419 e. The molecule has 1 amide bonds. The fourth-order valence-electron chi connectivity index (χ4n) is 4.24. The summed E-state index contributed by atoms with van der Waals surface area (Å²) in [6.07, 6.45) is -4.96. The van der Waals surface area contributed by atoms with E-state index in [1.54, 1.807) is 36.4 Å². The van der Waals surface area contributed by atoms with Gasteiger partial charge in [-0.1, -0.05) is 42.5 Å². The van der Waals surface area contributed by atoms with Gasteiger partial charge in [0.2, 0.25) is 0 Å². The summed E-state index contributed by atoms with van der Waals surface area (Å²) in [6, 6.07) is 19.1. The van der Waals surface area contributed by atoms with Crippen LogP contribution in [0.4, 0.5) is 34.6 Å². The first-order chi connectivity index (χ1) is 18.6. The van der Waals surface area contributed by atoms with Gasteiger partial charge in [0.15, 0.2) is 5.71 Å². The standard InChI is InChI=1S/C28H17F4N3O4/c29-21-12-11-17(14-20(21)28(30,31)32)35-23-10-2-1-7-19(23)24(26(35)37)34-33-22-9-4-8-18(25(22)36)15-5-3-6-16(13-15)27(38)39/h1-14,33,36H,(H,38,39)/b34-24-. The summed E-state index contributed by atoms with van der Waals surface area (Å²) in [5.41, 5.74) is 2.14. The highest BCUT2D eigenvalue weighted by atomic mass is 19.4. The molecule has 11 heteroatoms. The fourth-order valence-corrected chi connectivity index (χ4v) is 4.24. The summed E-state index contributed by atoms with van der Waals surface area (Å²) in [4.78, 5) is 25.7. The molecule has 0 radical (unpaired) electrons. The Hall–Kier alpha value is -5.19. The monoisotopic (exact) mass is 535 g/mol. The number of nitrogens with zero attached hydrogens (tertiary/aromatic N) is 2. The predicted octanol–water partition coefficient (Wildman–Crippen LogP) is 6.41. The highest BCUT2D eigenvalue weighted by Crippen LogP contribution is 2.40. The van der Waals surface area contributed by atoms with E-state index in [4.69, 9.17) is 0 Å². The molecule has 0 bridgehead atoms. The number of benzene rings is 4. The Labute approximate surface area is 218 Å². The van der Waals surface area contributed by atoms with E-state index in [-0.39, 0.29) is 34.1 Å². The number of hydrazone groups is 1. The van der Waals surface area contributed by atoms with Gasteiger partial charge in [-0.3, -0.25) is 15.1 Å². The minimum atomic E-state index is -4.96. The molecule has 7 nitrogen and oxygen atoms in total. The molecule has 0 saturated heterocycles. The molecule has 0 atom stereocenters. The summed E-state index contributed by atoms with van der Waals surface area (Å²) >= 11 is 0. The number of halogens is 4. The van der Waals surface area contributed by atoms with Crippen LogP contribution in [0.15, 0.2) is 90.0 Å². The Morgan fingerprint density at radius 1 is 0.897 bits per heavy atom. The largest absolute Gasteiger partial charge is 0.505 e. The van der Waals surface area contributed by atoms with Gasteiger partial charge < -0.3 is 10.2 Å². The number of alkyl halides is 3. The van der Waals surface area contributed by atoms with Gasteiger partial charge >= 0.3 is 12.1 Å². The molecular weight excluding hydrogens is 518 g/mol. The Balaban J connectivity index is 1.52. The van der Waals surface area contributed by atoms with Gasteiger partial charge in [-0.2, -0.15) is 18.3 Å². The first-order valence-corrected chi connectivity index (χ1v) is 11.4. The molecule has 4 aromatic carbocycles. The number of carboxylic acid groups (broad SMARTS) is 1. The van der Waals surface area contributed by atoms with Crippen molar-refractivity contribution in [1.82, 2.24) is 0 Å². The third kappa shape index (κ3) is 4.65. The average Bonchev–Trinajstić information content (AvgIpc) is 3.19. The van der Waals surface area contributed by atoms with Crippen LogP contribution in [0.25, 0.3) is 11.1 Å². The van der Waals surface area contributed by atoms with Crippen molar-refractivity contribution in [2.24, 2.45) is 5.10 Å². The van der Waals surface area contributed by atoms with Crippen LogP contribution in [-0.2, 0) is 11.0 Å². The highest BCUT2D eigenvalue weighted by Gasteiger charge is 2.38. The van der Waals surface area contributed by atoms with E-state index in [0.29, 0.717) is 28.8 Å². The second kappa shape index (κ2) is 9.60. The van der Waals surface area contributed by atoms with Gasteiger partial charge in [0, 0.05) is 11.1 Å². The number of phenolic OH excluding ortho intramolecular Hbond substituents is 1. The molecular formula is C28H17F4N3O4. The zero-order valence-electron chi connectivity index (χ0n) is 19.7. The summed E-state index contributed by atoms with van der Waals surface area (Å²) < 4.78 is 53.8. The normalized spacial score (nSPS) is 14.0. The number of nitrogens with one attached hydrogen (secondary N) is 1. The van der Waals surface area contributed by atoms with Crippen molar-refractivity contribution in [2.45, 2.75) is 6.18 Å².